The lowest BCUT2D eigenvalue weighted by Crippen LogP contribution is -2.30. The molecule has 1 heterocycles. The van der Waals surface area contributed by atoms with Crippen molar-refractivity contribution < 1.29 is 8.42 Å². The molecule has 6 heteroatoms. The van der Waals surface area contributed by atoms with Crippen LogP contribution in [0.4, 0.5) is 0 Å². The maximum absolute atomic E-state index is 12.4. The molecule has 124 valence electrons. The van der Waals surface area contributed by atoms with Gasteiger partial charge in [-0.25, -0.2) is 13.4 Å². The average Bonchev–Trinajstić information content (AvgIpc) is 2.55. The monoisotopic (exact) mass is 350 g/mol. The highest BCUT2D eigenvalue weighted by atomic mass is 32.2. The number of benzene rings is 1. The van der Waals surface area contributed by atoms with Gasteiger partial charge in [0, 0.05) is 25.0 Å². The highest BCUT2D eigenvalue weighted by molar-refractivity contribution is 7.98. The van der Waals surface area contributed by atoms with E-state index in [1.165, 1.54) is 21.6 Å². The molecular weight excluding hydrogens is 328 g/mol. The van der Waals surface area contributed by atoms with E-state index in [4.69, 9.17) is 0 Å². The Morgan fingerprint density at radius 2 is 1.78 bits per heavy atom. The Balaban J connectivity index is 2.09. The molecule has 0 saturated heterocycles. The molecule has 0 N–H and O–H groups in total. The summed E-state index contributed by atoms with van der Waals surface area (Å²) in [7, 11) is -3.43. The fraction of sp³-hybridized carbons (Fsp3) is 0.353. The molecule has 0 aliphatic heterocycles. The third kappa shape index (κ3) is 4.34. The number of hydrogen-bond acceptors (Lipinski definition) is 4. The maximum Gasteiger partial charge on any atom is 0.244 e. The largest absolute Gasteiger partial charge is 0.249 e. The van der Waals surface area contributed by atoms with Gasteiger partial charge in [-0.05, 0) is 30.2 Å². The predicted octanol–water partition coefficient (Wildman–Crippen LogP) is 3.71. The number of aromatic nitrogens is 1. The maximum atomic E-state index is 12.4. The van der Waals surface area contributed by atoms with E-state index < -0.39 is 10.0 Å². The van der Waals surface area contributed by atoms with Crippen LogP contribution < -0.4 is 0 Å². The van der Waals surface area contributed by atoms with Crippen LogP contribution in [0.2, 0.25) is 0 Å². The van der Waals surface area contributed by atoms with Gasteiger partial charge in [0.25, 0.3) is 0 Å². The van der Waals surface area contributed by atoms with Crippen LogP contribution in [0, 0.1) is 6.92 Å². The summed E-state index contributed by atoms with van der Waals surface area (Å²) < 4.78 is 26.3. The lowest BCUT2D eigenvalue weighted by Gasteiger charge is -2.18. The quantitative estimate of drug-likeness (QED) is 0.714. The number of sulfonamides is 1. The Morgan fingerprint density at radius 3 is 2.35 bits per heavy atom. The summed E-state index contributed by atoms with van der Waals surface area (Å²) in [6.07, 6.45) is 1.45. The van der Waals surface area contributed by atoms with Gasteiger partial charge >= 0.3 is 0 Å². The van der Waals surface area contributed by atoms with Crippen LogP contribution >= 0.6 is 11.8 Å². The first-order chi connectivity index (χ1) is 11.0. The molecule has 0 fully saturated rings. The van der Waals surface area contributed by atoms with Gasteiger partial charge in [0.15, 0.2) is 0 Å². The van der Waals surface area contributed by atoms with Crippen molar-refractivity contribution in [3.8, 4) is 0 Å². The zero-order valence-electron chi connectivity index (χ0n) is 13.7. The SMILES string of the molecule is CCN(CC)S(=O)(=O)c1ccc(SCc2ccccc2C)nc1. The number of hydrogen-bond donors (Lipinski definition) is 0. The third-order valence-corrected chi connectivity index (χ3v) is 6.72. The number of thioether (sulfide) groups is 1. The smallest absolute Gasteiger partial charge is 0.244 e. The Labute approximate surface area is 143 Å². The summed E-state index contributed by atoms with van der Waals surface area (Å²) in [5.74, 6) is 0.821. The van der Waals surface area contributed by atoms with Gasteiger partial charge in [0.2, 0.25) is 10.0 Å². The molecule has 0 radical (unpaired) electrons. The molecule has 1 aromatic carbocycles. The van der Waals surface area contributed by atoms with Crippen LogP contribution in [0.1, 0.15) is 25.0 Å². The number of rotatable bonds is 7. The molecule has 0 aliphatic carbocycles. The molecule has 0 unspecified atom stereocenters. The van der Waals surface area contributed by atoms with E-state index in [-0.39, 0.29) is 4.90 Å². The van der Waals surface area contributed by atoms with Crippen molar-refractivity contribution in [3.05, 3.63) is 53.7 Å². The van der Waals surface area contributed by atoms with Crippen molar-refractivity contribution in [2.24, 2.45) is 0 Å². The molecule has 0 amide bonds. The minimum atomic E-state index is -3.43. The molecular formula is C17H22N2O2S2. The van der Waals surface area contributed by atoms with Crippen LogP contribution in [-0.2, 0) is 15.8 Å². The fourth-order valence-corrected chi connectivity index (χ4v) is 4.56. The fourth-order valence-electron chi connectivity index (χ4n) is 2.24. The van der Waals surface area contributed by atoms with Crippen LogP contribution in [0.3, 0.4) is 0 Å². The van der Waals surface area contributed by atoms with E-state index >= 15 is 0 Å². The van der Waals surface area contributed by atoms with Crippen molar-refractivity contribution in [2.45, 2.75) is 36.4 Å². The molecule has 2 rings (SSSR count). The number of aryl methyl sites for hydroxylation is 1. The summed E-state index contributed by atoms with van der Waals surface area (Å²) in [4.78, 5) is 4.55. The Hall–Kier alpha value is -1.37. The molecule has 1 aromatic heterocycles. The van der Waals surface area contributed by atoms with Crippen LogP contribution in [0.15, 0.2) is 52.5 Å². The van der Waals surface area contributed by atoms with Crippen molar-refractivity contribution in [3.63, 3.8) is 0 Å². The van der Waals surface area contributed by atoms with E-state index in [1.54, 1.807) is 23.9 Å². The molecule has 0 atom stereocenters. The van der Waals surface area contributed by atoms with Crippen molar-refractivity contribution in [2.75, 3.05) is 13.1 Å². The molecule has 4 nitrogen and oxygen atoms in total. The van der Waals surface area contributed by atoms with E-state index in [0.29, 0.717) is 13.1 Å². The lowest BCUT2D eigenvalue weighted by molar-refractivity contribution is 0.445. The molecule has 0 spiro atoms. The van der Waals surface area contributed by atoms with Crippen LogP contribution in [-0.4, -0.2) is 30.8 Å². The Kier molecular flexibility index (Phi) is 6.21. The number of nitrogens with zero attached hydrogens (tertiary/aromatic N) is 2. The normalized spacial score (nSPS) is 11.8. The van der Waals surface area contributed by atoms with Gasteiger partial charge in [0.05, 0.1) is 5.03 Å². The number of pyridine rings is 1. The highest BCUT2D eigenvalue weighted by Crippen LogP contribution is 2.24. The van der Waals surface area contributed by atoms with E-state index in [9.17, 15) is 8.42 Å². The van der Waals surface area contributed by atoms with Crippen molar-refractivity contribution in [1.29, 1.82) is 0 Å². The minimum Gasteiger partial charge on any atom is -0.249 e. The van der Waals surface area contributed by atoms with E-state index in [2.05, 4.69) is 24.0 Å². The third-order valence-electron chi connectivity index (χ3n) is 3.69. The zero-order valence-corrected chi connectivity index (χ0v) is 15.3. The Morgan fingerprint density at radius 1 is 1.09 bits per heavy atom. The van der Waals surface area contributed by atoms with Crippen LogP contribution in [0.5, 0.6) is 0 Å². The summed E-state index contributed by atoms with van der Waals surface area (Å²) in [5.41, 5.74) is 2.51. The topological polar surface area (TPSA) is 50.3 Å². The average molecular weight is 351 g/mol. The summed E-state index contributed by atoms with van der Waals surface area (Å²) in [6, 6.07) is 11.6. The second-order valence-corrected chi connectivity index (χ2v) is 8.07. The molecule has 0 saturated carbocycles. The first-order valence-electron chi connectivity index (χ1n) is 7.62. The van der Waals surface area contributed by atoms with E-state index in [1.807, 2.05) is 26.0 Å². The van der Waals surface area contributed by atoms with Gasteiger partial charge in [0.1, 0.15) is 4.90 Å². The predicted molar refractivity (Wildman–Crippen MR) is 95.1 cm³/mol. The van der Waals surface area contributed by atoms with Gasteiger partial charge in [-0.2, -0.15) is 4.31 Å². The second-order valence-electron chi connectivity index (χ2n) is 5.14. The molecule has 23 heavy (non-hydrogen) atoms. The van der Waals surface area contributed by atoms with Crippen molar-refractivity contribution >= 4 is 21.8 Å². The zero-order chi connectivity index (χ0) is 16.9. The van der Waals surface area contributed by atoms with Gasteiger partial charge in [-0.15, -0.1) is 11.8 Å². The van der Waals surface area contributed by atoms with E-state index in [0.717, 1.165) is 10.8 Å². The van der Waals surface area contributed by atoms with Gasteiger partial charge < -0.3 is 0 Å². The first kappa shape index (κ1) is 18.0. The van der Waals surface area contributed by atoms with Crippen LogP contribution in [0.25, 0.3) is 0 Å². The minimum absolute atomic E-state index is 0.251. The molecule has 2 aromatic rings. The lowest BCUT2D eigenvalue weighted by atomic mass is 10.1. The highest BCUT2D eigenvalue weighted by Gasteiger charge is 2.21. The standard InChI is InChI=1S/C17H22N2O2S2/c1-4-19(5-2)23(20,21)16-10-11-17(18-12-16)22-13-15-9-7-6-8-14(15)3/h6-12H,4-5,13H2,1-3H3. The second kappa shape index (κ2) is 7.95. The molecule has 0 bridgehead atoms. The summed E-state index contributed by atoms with van der Waals surface area (Å²) >= 11 is 1.61. The van der Waals surface area contributed by atoms with Gasteiger partial charge in [-0.1, -0.05) is 38.1 Å². The van der Waals surface area contributed by atoms with Gasteiger partial charge in [-0.3, -0.25) is 0 Å². The first-order valence-corrected chi connectivity index (χ1v) is 10.0. The summed E-state index contributed by atoms with van der Waals surface area (Å²) in [6.45, 7) is 6.68. The summed E-state index contributed by atoms with van der Waals surface area (Å²) in [5, 5.41) is 0.826. The molecule has 0 aliphatic rings. The Bertz CT molecular complexity index is 739. The van der Waals surface area contributed by atoms with Crippen molar-refractivity contribution in [1.82, 2.24) is 9.29 Å².